The summed E-state index contributed by atoms with van der Waals surface area (Å²) in [6.45, 7) is 4.92. The zero-order chi connectivity index (χ0) is 11.1. The van der Waals surface area contributed by atoms with Crippen molar-refractivity contribution in [1.82, 2.24) is 4.90 Å². The molecule has 2 atom stereocenters. The normalized spacial score (nSPS) is 23.6. The number of hydrogen-bond donors (Lipinski definition) is 1. The molecule has 0 aromatic carbocycles. The van der Waals surface area contributed by atoms with Gasteiger partial charge in [-0.05, 0) is 52.6 Å². The van der Waals surface area contributed by atoms with E-state index in [9.17, 15) is 0 Å². The summed E-state index contributed by atoms with van der Waals surface area (Å²) in [7, 11) is 2.12. The van der Waals surface area contributed by atoms with Gasteiger partial charge in [0.15, 0.2) is 0 Å². The number of aliphatic hydroxyl groups excluding tert-OH is 1. The first-order valence-corrected chi connectivity index (χ1v) is 6.16. The lowest BCUT2D eigenvalue weighted by atomic mass is 10.1. The number of ether oxygens (including phenoxy) is 1. The van der Waals surface area contributed by atoms with Gasteiger partial charge in [0.1, 0.15) is 0 Å². The molecule has 3 heteroatoms. The van der Waals surface area contributed by atoms with Crippen LogP contribution in [0.3, 0.4) is 0 Å². The van der Waals surface area contributed by atoms with Crippen molar-refractivity contribution < 1.29 is 9.84 Å². The summed E-state index contributed by atoms with van der Waals surface area (Å²) >= 11 is 0. The van der Waals surface area contributed by atoms with Crippen molar-refractivity contribution in [3.8, 4) is 0 Å². The third kappa shape index (κ3) is 6.13. The highest BCUT2D eigenvalue weighted by molar-refractivity contribution is 4.65. The monoisotopic (exact) mass is 215 g/mol. The number of nitrogens with zero attached hydrogens (tertiary/aromatic N) is 1. The van der Waals surface area contributed by atoms with Crippen molar-refractivity contribution in [3.63, 3.8) is 0 Å². The summed E-state index contributed by atoms with van der Waals surface area (Å²) < 4.78 is 5.57. The average Bonchev–Trinajstić information content (AvgIpc) is 2.67. The summed E-state index contributed by atoms with van der Waals surface area (Å²) in [6.07, 6.45) is 6.11. The second-order valence-corrected chi connectivity index (χ2v) is 4.72. The van der Waals surface area contributed by atoms with E-state index in [1.807, 2.05) is 6.92 Å². The molecule has 1 rings (SSSR count). The van der Waals surface area contributed by atoms with Gasteiger partial charge in [-0.25, -0.2) is 0 Å². The molecule has 0 radical (unpaired) electrons. The minimum atomic E-state index is -0.175. The highest BCUT2D eigenvalue weighted by Crippen LogP contribution is 2.16. The van der Waals surface area contributed by atoms with E-state index in [0.717, 1.165) is 26.1 Å². The van der Waals surface area contributed by atoms with Crippen LogP contribution >= 0.6 is 0 Å². The largest absolute Gasteiger partial charge is 0.393 e. The first kappa shape index (κ1) is 12.9. The molecule has 1 fully saturated rings. The summed E-state index contributed by atoms with van der Waals surface area (Å²) in [4.78, 5) is 2.29. The van der Waals surface area contributed by atoms with E-state index in [2.05, 4.69) is 11.9 Å². The Morgan fingerprint density at radius 1 is 1.47 bits per heavy atom. The molecule has 0 saturated carbocycles. The second kappa shape index (κ2) is 7.20. The van der Waals surface area contributed by atoms with E-state index in [-0.39, 0.29) is 6.10 Å². The van der Waals surface area contributed by atoms with Crippen LogP contribution in [0.1, 0.15) is 39.0 Å². The van der Waals surface area contributed by atoms with Crippen LogP contribution in [0.25, 0.3) is 0 Å². The van der Waals surface area contributed by atoms with Crippen molar-refractivity contribution in [2.45, 2.75) is 51.2 Å². The maximum atomic E-state index is 9.15. The van der Waals surface area contributed by atoms with Crippen LogP contribution in [0.5, 0.6) is 0 Å². The van der Waals surface area contributed by atoms with Crippen molar-refractivity contribution in [2.75, 3.05) is 26.7 Å². The van der Waals surface area contributed by atoms with Gasteiger partial charge in [-0.3, -0.25) is 0 Å². The Morgan fingerprint density at radius 2 is 2.27 bits per heavy atom. The molecular formula is C12H25NO2. The van der Waals surface area contributed by atoms with Crippen LogP contribution in [0.2, 0.25) is 0 Å². The molecule has 1 saturated heterocycles. The highest BCUT2D eigenvalue weighted by Gasteiger charge is 2.14. The van der Waals surface area contributed by atoms with E-state index < -0.39 is 0 Å². The van der Waals surface area contributed by atoms with Crippen molar-refractivity contribution in [2.24, 2.45) is 0 Å². The van der Waals surface area contributed by atoms with Crippen LogP contribution in [0.15, 0.2) is 0 Å². The van der Waals surface area contributed by atoms with E-state index >= 15 is 0 Å². The van der Waals surface area contributed by atoms with Gasteiger partial charge in [0.2, 0.25) is 0 Å². The van der Waals surface area contributed by atoms with Gasteiger partial charge < -0.3 is 14.7 Å². The molecule has 0 spiro atoms. The molecule has 0 aliphatic carbocycles. The molecule has 1 aliphatic rings. The van der Waals surface area contributed by atoms with Crippen molar-refractivity contribution in [1.29, 1.82) is 0 Å². The standard InChI is InChI=1S/C12H25NO2/c1-11(14)7-9-13(2)8-3-5-12-6-4-10-15-12/h11-12,14H,3-10H2,1-2H3. The predicted octanol–water partition coefficient (Wildman–Crippen LogP) is 1.65. The Morgan fingerprint density at radius 3 is 2.87 bits per heavy atom. The zero-order valence-electron chi connectivity index (χ0n) is 10.1. The smallest absolute Gasteiger partial charge is 0.0576 e. The van der Waals surface area contributed by atoms with Crippen LogP contribution in [-0.2, 0) is 4.74 Å². The quantitative estimate of drug-likeness (QED) is 0.701. The lowest BCUT2D eigenvalue weighted by Gasteiger charge is -2.18. The molecule has 90 valence electrons. The third-order valence-corrected chi connectivity index (χ3v) is 3.02. The van der Waals surface area contributed by atoms with Gasteiger partial charge in [0.05, 0.1) is 12.2 Å². The second-order valence-electron chi connectivity index (χ2n) is 4.72. The minimum absolute atomic E-state index is 0.175. The van der Waals surface area contributed by atoms with Gasteiger partial charge in [-0.15, -0.1) is 0 Å². The van der Waals surface area contributed by atoms with Crippen LogP contribution in [0.4, 0.5) is 0 Å². The summed E-state index contributed by atoms with van der Waals surface area (Å²) in [5.41, 5.74) is 0. The van der Waals surface area contributed by atoms with E-state index in [4.69, 9.17) is 9.84 Å². The van der Waals surface area contributed by atoms with Gasteiger partial charge in [-0.1, -0.05) is 0 Å². The molecule has 1 N–H and O–H groups in total. The first-order chi connectivity index (χ1) is 7.18. The molecule has 0 aromatic rings. The SMILES string of the molecule is CC(O)CCN(C)CCCC1CCCO1. The molecule has 2 unspecified atom stereocenters. The third-order valence-electron chi connectivity index (χ3n) is 3.02. The first-order valence-electron chi connectivity index (χ1n) is 6.16. The van der Waals surface area contributed by atoms with E-state index in [1.165, 1.54) is 25.7 Å². The maximum absolute atomic E-state index is 9.15. The van der Waals surface area contributed by atoms with Crippen molar-refractivity contribution >= 4 is 0 Å². The average molecular weight is 215 g/mol. The van der Waals surface area contributed by atoms with Gasteiger partial charge in [0.25, 0.3) is 0 Å². The lowest BCUT2D eigenvalue weighted by Crippen LogP contribution is -2.24. The van der Waals surface area contributed by atoms with Gasteiger partial charge in [0, 0.05) is 13.2 Å². The van der Waals surface area contributed by atoms with Crippen LogP contribution < -0.4 is 0 Å². The molecule has 0 amide bonds. The highest BCUT2D eigenvalue weighted by atomic mass is 16.5. The summed E-state index contributed by atoms with van der Waals surface area (Å²) in [5.74, 6) is 0. The molecule has 0 aromatic heterocycles. The van der Waals surface area contributed by atoms with Gasteiger partial charge >= 0.3 is 0 Å². The van der Waals surface area contributed by atoms with E-state index in [0.29, 0.717) is 6.10 Å². The zero-order valence-corrected chi connectivity index (χ0v) is 10.1. The van der Waals surface area contributed by atoms with Crippen LogP contribution in [0, 0.1) is 0 Å². The summed E-state index contributed by atoms with van der Waals surface area (Å²) in [6, 6.07) is 0. The molecule has 3 nitrogen and oxygen atoms in total. The van der Waals surface area contributed by atoms with Crippen molar-refractivity contribution in [3.05, 3.63) is 0 Å². The Hall–Kier alpha value is -0.120. The topological polar surface area (TPSA) is 32.7 Å². The summed E-state index contributed by atoms with van der Waals surface area (Å²) in [5, 5.41) is 9.15. The number of rotatable bonds is 7. The fourth-order valence-corrected chi connectivity index (χ4v) is 1.98. The number of hydrogen-bond acceptors (Lipinski definition) is 3. The van der Waals surface area contributed by atoms with Crippen LogP contribution in [-0.4, -0.2) is 49.0 Å². The fraction of sp³-hybridized carbons (Fsp3) is 1.00. The Kier molecular flexibility index (Phi) is 6.22. The Bertz CT molecular complexity index is 156. The Balaban J connectivity index is 1.93. The fourth-order valence-electron chi connectivity index (χ4n) is 1.98. The van der Waals surface area contributed by atoms with Gasteiger partial charge in [-0.2, -0.15) is 0 Å². The maximum Gasteiger partial charge on any atom is 0.0576 e. The Labute approximate surface area is 93.4 Å². The minimum Gasteiger partial charge on any atom is -0.393 e. The molecule has 1 aliphatic heterocycles. The molecular weight excluding hydrogens is 190 g/mol. The lowest BCUT2D eigenvalue weighted by molar-refractivity contribution is 0.0987. The molecule has 15 heavy (non-hydrogen) atoms. The molecule has 1 heterocycles. The predicted molar refractivity (Wildman–Crippen MR) is 62.0 cm³/mol. The van der Waals surface area contributed by atoms with E-state index in [1.54, 1.807) is 0 Å². The molecule has 0 bridgehead atoms. The number of aliphatic hydroxyl groups is 1.